The van der Waals surface area contributed by atoms with Gasteiger partial charge in [0.2, 0.25) is 0 Å². The zero-order valence-corrected chi connectivity index (χ0v) is 10.6. The molecule has 1 nitrogen and oxygen atoms in total. The number of allylic oxidation sites excluding steroid dienone is 1. The molecule has 0 fully saturated rings. The van der Waals surface area contributed by atoms with Crippen LogP contribution in [0, 0.1) is 5.92 Å². The molecular weight excluding hydrogens is 196 g/mol. The highest BCUT2D eigenvalue weighted by Gasteiger charge is 2.15. The van der Waals surface area contributed by atoms with Crippen molar-refractivity contribution in [1.29, 1.82) is 0 Å². The van der Waals surface area contributed by atoms with Crippen LogP contribution < -0.4 is 0 Å². The Kier molecular flexibility index (Phi) is 3.69. The van der Waals surface area contributed by atoms with E-state index in [4.69, 9.17) is 0 Å². The van der Waals surface area contributed by atoms with Crippen molar-refractivity contribution in [2.75, 3.05) is 0 Å². The molecule has 0 aliphatic carbocycles. The summed E-state index contributed by atoms with van der Waals surface area (Å²) in [6.07, 6.45) is 1.68. The van der Waals surface area contributed by atoms with E-state index in [-0.39, 0.29) is 17.1 Å². The molecule has 0 N–H and O–H groups in total. The van der Waals surface area contributed by atoms with Gasteiger partial charge in [0.05, 0.1) is 0 Å². The third-order valence-corrected chi connectivity index (χ3v) is 2.80. The number of rotatable bonds is 3. The van der Waals surface area contributed by atoms with Gasteiger partial charge in [-0.1, -0.05) is 58.0 Å². The maximum atomic E-state index is 11.9. The Morgan fingerprint density at radius 2 is 1.75 bits per heavy atom. The van der Waals surface area contributed by atoms with Gasteiger partial charge in [-0.25, -0.2) is 0 Å². The zero-order valence-electron chi connectivity index (χ0n) is 10.6. The van der Waals surface area contributed by atoms with Crippen LogP contribution in [0.25, 0.3) is 0 Å². The van der Waals surface area contributed by atoms with Gasteiger partial charge in [0.15, 0.2) is 5.78 Å². The topological polar surface area (TPSA) is 17.1 Å². The Morgan fingerprint density at radius 1 is 1.25 bits per heavy atom. The molecule has 1 atom stereocenters. The number of Topliss-reactive ketones (excluding diaryl/α,β-unsaturated/α-hetero) is 1. The van der Waals surface area contributed by atoms with Gasteiger partial charge in [-0.3, -0.25) is 4.79 Å². The molecule has 0 radical (unpaired) electrons. The summed E-state index contributed by atoms with van der Waals surface area (Å²) >= 11 is 0. The van der Waals surface area contributed by atoms with Crippen molar-refractivity contribution in [2.24, 2.45) is 5.92 Å². The predicted molar refractivity (Wildman–Crippen MR) is 68.8 cm³/mol. The molecule has 86 valence electrons. The molecule has 1 unspecified atom stereocenters. The largest absolute Gasteiger partial charge is 0.294 e. The van der Waals surface area contributed by atoms with Gasteiger partial charge in [0.25, 0.3) is 0 Å². The van der Waals surface area contributed by atoms with Crippen LogP contribution in [0.3, 0.4) is 0 Å². The molecule has 0 heterocycles. The van der Waals surface area contributed by atoms with Gasteiger partial charge in [-0.2, -0.15) is 0 Å². The Morgan fingerprint density at radius 3 is 2.12 bits per heavy atom. The summed E-state index contributed by atoms with van der Waals surface area (Å²) in [5.41, 5.74) is 2.14. The lowest BCUT2D eigenvalue weighted by Gasteiger charge is -2.19. The molecule has 0 spiro atoms. The summed E-state index contributed by atoms with van der Waals surface area (Å²) < 4.78 is 0. The van der Waals surface area contributed by atoms with Gasteiger partial charge < -0.3 is 0 Å². The van der Waals surface area contributed by atoms with E-state index in [0.717, 1.165) is 5.56 Å². The van der Waals surface area contributed by atoms with Gasteiger partial charge in [0.1, 0.15) is 0 Å². The van der Waals surface area contributed by atoms with Gasteiger partial charge in [-0.15, -0.1) is 6.58 Å². The number of carbonyl (C=O) groups is 1. The first-order chi connectivity index (χ1) is 7.36. The third kappa shape index (κ3) is 2.82. The fraction of sp³-hybridized carbons (Fsp3) is 0.400. The molecule has 0 aliphatic heterocycles. The van der Waals surface area contributed by atoms with Crippen molar-refractivity contribution in [3.05, 3.63) is 48.0 Å². The second kappa shape index (κ2) is 4.65. The molecule has 0 bridgehead atoms. The maximum absolute atomic E-state index is 11.9. The summed E-state index contributed by atoms with van der Waals surface area (Å²) in [4.78, 5) is 11.9. The summed E-state index contributed by atoms with van der Waals surface area (Å²) in [6, 6.07) is 7.87. The number of hydrogen-bond donors (Lipinski definition) is 0. The summed E-state index contributed by atoms with van der Waals surface area (Å²) in [7, 11) is 0. The van der Waals surface area contributed by atoms with E-state index in [9.17, 15) is 4.79 Å². The van der Waals surface area contributed by atoms with Crippen LogP contribution in [-0.2, 0) is 5.41 Å². The normalized spacial score (nSPS) is 13.2. The molecule has 0 amide bonds. The smallest absolute Gasteiger partial charge is 0.169 e. The Balaban J connectivity index is 2.96. The SMILES string of the molecule is C=CC(C)C(=O)c1ccc(C(C)(C)C)cc1. The van der Waals surface area contributed by atoms with Crippen molar-refractivity contribution in [2.45, 2.75) is 33.1 Å². The van der Waals surface area contributed by atoms with E-state index in [0.29, 0.717) is 0 Å². The van der Waals surface area contributed by atoms with Crippen molar-refractivity contribution in [3.63, 3.8) is 0 Å². The second-order valence-corrected chi connectivity index (χ2v) is 5.22. The molecular formula is C15H20O. The van der Waals surface area contributed by atoms with Crippen LogP contribution in [-0.4, -0.2) is 5.78 Å². The number of hydrogen-bond acceptors (Lipinski definition) is 1. The Bertz CT molecular complexity index is 379. The summed E-state index contributed by atoms with van der Waals surface area (Å²) in [5.74, 6) is 0.0240. The summed E-state index contributed by atoms with van der Waals surface area (Å²) in [6.45, 7) is 12.0. The quantitative estimate of drug-likeness (QED) is 0.551. The van der Waals surface area contributed by atoms with Gasteiger partial charge in [0, 0.05) is 11.5 Å². The molecule has 0 aromatic heterocycles. The molecule has 1 rings (SSSR count). The minimum atomic E-state index is -0.111. The highest BCUT2D eigenvalue weighted by molar-refractivity contribution is 5.98. The zero-order chi connectivity index (χ0) is 12.3. The lowest BCUT2D eigenvalue weighted by Crippen LogP contribution is -2.12. The Hall–Kier alpha value is -1.37. The van der Waals surface area contributed by atoms with E-state index in [1.807, 2.05) is 31.2 Å². The van der Waals surface area contributed by atoms with Crippen LogP contribution in [0.15, 0.2) is 36.9 Å². The van der Waals surface area contributed by atoms with E-state index in [1.54, 1.807) is 6.08 Å². The number of carbonyl (C=O) groups excluding carboxylic acids is 1. The fourth-order valence-electron chi connectivity index (χ4n) is 1.50. The van der Waals surface area contributed by atoms with Crippen molar-refractivity contribution >= 4 is 5.78 Å². The molecule has 1 aromatic carbocycles. The molecule has 16 heavy (non-hydrogen) atoms. The van der Waals surface area contributed by atoms with Gasteiger partial charge >= 0.3 is 0 Å². The number of ketones is 1. The average Bonchev–Trinajstić information content (AvgIpc) is 2.26. The lowest BCUT2D eigenvalue weighted by atomic mass is 9.86. The molecule has 0 saturated heterocycles. The molecule has 1 heteroatoms. The lowest BCUT2D eigenvalue weighted by molar-refractivity contribution is 0.0953. The third-order valence-electron chi connectivity index (χ3n) is 2.80. The monoisotopic (exact) mass is 216 g/mol. The first-order valence-corrected chi connectivity index (χ1v) is 5.63. The standard InChI is InChI=1S/C15H20O/c1-6-11(2)14(16)12-7-9-13(10-8-12)15(3,4)5/h6-11H,1H2,2-5H3. The Labute approximate surface area is 98.2 Å². The maximum Gasteiger partial charge on any atom is 0.169 e. The van der Waals surface area contributed by atoms with Crippen LogP contribution in [0.1, 0.15) is 43.6 Å². The van der Waals surface area contributed by atoms with Crippen LogP contribution in [0.5, 0.6) is 0 Å². The van der Waals surface area contributed by atoms with E-state index < -0.39 is 0 Å². The first kappa shape index (κ1) is 12.7. The molecule has 0 aliphatic rings. The second-order valence-electron chi connectivity index (χ2n) is 5.22. The minimum absolute atomic E-state index is 0.111. The molecule has 0 saturated carbocycles. The fourth-order valence-corrected chi connectivity index (χ4v) is 1.50. The molecule has 1 aromatic rings. The number of benzene rings is 1. The van der Waals surface area contributed by atoms with Crippen molar-refractivity contribution in [3.8, 4) is 0 Å². The highest BCUT2D eigenvalue weighted by atomic mass is 16.1. The van der Waals surface area contributed by atoms with Crippen LogP contribution in [0.2, 0.25) is 0 Å². The first-order valence-electron chi connectivity index (χ1n) is 5.63. The van der Waals surface area contributed by atoms with Crippen LogP contribution >= 0.6 is 0 Å². The van der Waals surface area contributed by atoms with E-state index in [2.05, 4.69) is 27.4 Å². The summed E-state index contributed by atoms with van der Waals surface area (Å²) in [5, 5.41) is 0. The van der Waals surface area contributed by atoms with Gasteiger partial charge in [-0.05, 0) is 11.0 Å². The average molecular weight is 216 g/mol. The van der Waals surface area contributed by atoms with Crippen LogP contribution in [0.4, 0.5) is 0 Å². The predicted octanol–water partition coefficient (Wildman–Crippen LogP) is 3.99. The van der Waals surface area contributed by atoms with E-state index in [1.165, 1.54) is 5.56 Å². The van der Waals surface area contributed by atoms with Crippen molar-refractivity contribution in [1.82, 2.24) is 0 Å². The van der Waals surface area contributed by atoms with Crippen molar-refractivity contribution < 1.29 is 4.79 Å². The van der Waals surface area contributed by atoms with E-state index >= 15 is 0 Å². The minimum Gasteiger partial charge on any atom is -0.294 e. The highest BCUT2D eigenvalue weighted by Crippen LogP contribution is 2.22.